The van der Waals surface area contributed by atoms with Crippen LogP contribution in [-0.4, -0.2) is 45.1 Å². The highest BCUT2D eigenvalue weighted by atomic mass is 19.1. The van der Waals surface area contributed by atoms with Gasteiger partial charge in [0.15, 0.2) is 0 Å². The fraction of sp³-hybridized carbons (Fsp3) is 0.381. The molecule has 7 heteroatoms. The quantitative estimate of drug-likeness (QED) is 0.656. The Bertz CT molecular complexity index is 903. The van der Waals surface area contributed by atoms with Crippen molar-refractivity contribution < 1.29 is 9.13 Å². The Balaban J connectivity index is 1.30. The fourth-order valence-corrected chi connectivity index (χ4v) is 3.70. The van der Waals surface area contributed by atoms with E-state index in [0.29, 0.717) is 12.5 Å². The van der Waals surface area contributed by atoms with Crippen LogP contribution in [0.3, 0.4) is 0 Å². The Hall–Kier alpha value is -2.80. The van der Waals surface area contributed by atoms with Crippen LogP contribution in [0.15, 0.2) is 48.8 Å². The van der Waals surface area contributed by atoms with E-state index in [-0.39, 0.29) is 5.82 Å². The van der Waals surface area contributed by atoms with Gasteiger partial charge in [0, 0.05) is 6.54 Å². The number of hydrogen-bond acceptors (Lipinski definition) is 5. The molecule has 6 nitrogen and oxygen atoms in total. The molecular formula is C21H24FN5O. The molecule has 0 bridgehead atoms. The van der Waals surface area contributed by atoms with Crippen molar-refractivity contribution in [1.29, 1.82) is 0 Å². The third-order valence-electron chi connectivity index (χ3n) is 5.24. The number of benzene rings is 1. The summed E-state index contributed by atoms with van der Waals surface area (Å²) in [4.78, 5) is 6.48. The maximum absolute atomic E-state index is 13.0. The van der Waals surface area contributed by atoms with Gasteiger partial charge >= 0.3 is 0 Å². The van der Waals surface area contributed by atoms with Crippen LogP contribution in [0.1, 0.15) is 35.7 Å². The average molecular weight is 381 g/mol. The van der Waals surface area contributed by atoms with Crippen molar-refractivity contribution >= 4 is 0 Å². The first-order valence-corrected chi connectivity index (χ1v) is 9.55. The van der Waals surface area contributed by atoms with Crippen LogP contribution in [-0.2, 0) is 13.1 Å². The molecule has 0 aliphatic carbocycles. The molecule has 0 saturated carbocycles. The molecule has 4 rings (SSSR count). The van der Waals surface area contributed by atoms with Gasteiger partial charge in [-0.2, -0.15) is 0 Å². The maximum Gasteiger partial charge on any atom is 0.141 e. The summed E-state index contributed by atoms with van der Waals surface area (Å²) >= 11 is 0. The van der Waals surface area contributed by atoms with Gasteiger partial charge in [-0.3, -0.25) is 9.88 Å². The second kappa shape index (κ2) is 8.48. The molecule has 1 aliphatic rings. The summed E-state index contributed by atoms with van der Waals surface area (Å²) < 4.78 is 20.0. The van der Waals surface area contributed by atoms with Gasteiger partial charge in [-0.1, -0.05) is 17.3 Å². The van der Waals surface area contributed by atoms with E-state index >= 15 is 0 Å². The lowest BCUT2D eigenvalue weighted by molar-refractivity contribution is 0.202. The van der Waals surface area contributed by atoms with Crippen molar-refractivity contribution in [1.82, 2.24) is 24.9 Å². The van der Waals surface area contributed by atoms with Crippen molar-refractivity contribution in [2.24, 2.45) is 0 Å². The minimum absolute atomic E-state index is 0.333. The molecule has 0 spiro atoms. The van der Waals surface area contributed by atoms with Gasteiger partial charge < -0.3 is 4.74 Å². The van der Waals surface area contributed by atoms with E-state index in [1.165, 1.54) is 17.8 Å². The van der Waals surface area contributed by atoms with Crippen molar-refractivity contribution in [3.63, 3.8) is 0 Å². The zero-order chi connectivity index (χ0) is 19.3. The van der Waals surface area contributed by atoms with E-state index in [1.807, 2.05) is 12.3 Å². The van der Waals surface area contributed by atoms with Crippen LogP contribution in [0.25, 0.3) is 0 Å². The Morgan fingerprint density at radius 3 is 2.71 bits per heavy atom. The molecule has 3 heterocycles. The first kappa shape index (κ1) is 18.6. The van der Waals surface area contributed by atoms with Crippen LogP contribution >= 0.6 is 0 Å². The summed E-state index contributed by atoms with van der Waals surface area (Å²) in [6.45, 7) is 3.36. The highest BCUT2D eigenvalue weighted by molar-refractivity contribution is 5.31. The fourth-order valence-electron chi connectivity index (χ4n) is 3.70. The maximum atomic E-state index is 13.0. The predicted octanol–water partition coefficient (Wildman–Crippen LogP) is 3.25. The van der Waals surface area contributed by atoms with Crippen molar-refractivity contribution in [3.8, 4) is 5.75 Å². The topological polar surface area (TPSA) is 56.1 Å². The number of nitrogens with zero attached hydrogens (tertiary/aromatic N) is 5. The van der Waals surface area contributed by atoms with Crippen LogP contribution in [0.2, 0.25) is 0 Å². The number of pyridine rings is 1. The summed E-state index contributed by atoms with van der Waals surface area (Å²) in [5.41, 5.74) is 3.07. The molecule has 0 amide bonds. The molecule has 0 radical (unpaired) electrons. The minimum Gasteiger partial charge on any atom is -0.497 e. The third kappa shape index (κ3) is 4.54. The van der Waals surface area contributed by atoms with Gasteiger partial charge in [-0.05, 0) is 61.7 Å². The monoisotopic (exact) mass is 381 g/mol. The minimum atomic E-state index is -0.333. The van der Waals surface area contributed by atoms with Gasteiger partial charge in [0.25, 0.3) is 0 Å². The standard InChI is InChI=1S/C21H24FN5O/c1-28-21-4-2-3-17(11-21)16-7-9-26(10-8-16)13-20-15-27(25-24-20)14-19-6-5-18(22)12-23-19/h2-6,11-12,15-16H,7-10,13-14H2,1H3. The number of hydrogen-bond donors (Lipinski definition) is 0. The number of rotatable bonds is 6. The molecular weight excluding hydrogens is 357 g/mol. The number of likely N-dealkylation sites (tertiary alicyclic amines) is 1. The van der Waals surface area contributed by atoms with Crippen LogP contribution < -0.4 is 4.74 Å². The van der Waals surface area contributed by atoms with E-state index in [0.717, 1.165) is 49.6 Å². The van der Waals surface area contributed by atoms with Gasteiger partial charge in [-0.25, -0.2) is 9.07 Å². The van der Waals surface area contributed by atoms with Gasteiger partial charge in [0.2, 0.25) is 0 Å². The second-order valence-electron chi connectivity index (χ2n) is 7.20. The molecule has 1 aromatic carbocycles. The van der Waals surface area contributed by atoms with E-state index in [4.69, 9.17) is 4.74 Å². The molecule has 0 N–H and O–H groups in total. The largest absolute Gasteiger partial charge is 0.497 e. The second-order valence-corrected chi connectivity index (χ2v) is 7.20. The molecule has 1 fully saturated rings. The van der Waals surface area contributed by atoms with Crippen molar-refractivity contribution in [2.45, 2.75) is 31.8 Å². The lowest BCUT2D eigenvalue weighted by Crippen LogP contribution is -2.32. The lowest BCUT2D eigenvalue weighted by Gasteiger charge is -2.31. The summed E-state index contributed by atoms with van der Waals surface area (Å²) in [6.07, 6.45) is 5.42. The molecule has 0 atom stereocenters. The lowest BCUT2D eigenvalue weighted by atomic mass is 9.89. The van der Waals surface area contributed by atoms with Crippen LogP contribution in [0, 0.1) is 5.82 Å². The van der Waals surface area contributed by atoms with E-state index in [2.05, 4.69) is 38.4 Å². The van der Waals surface area contributed by atoms with Crippen LogP contribution in [0.5, 0.6) is 5.75 Å². The summed E-state index contributed by atoms with van der Waals surface area (Å²) in [6, 6.07) is 11.5. The summed E-state index contributed by atoms with van der Waals surface area (Å²) in [5.74, 6) is 1.17. The number of ether oxygens (including phenoxy) is 1. The van der Waals surface area contributed by atoms with E-state index in [1.54, 1.807) is 17.9 Å². The number of methoxy groups -OCH3 is 1. The van der Waals surface area contributed by atoms with Crippen LogP contribution in [0.4, 0.5) is 4.39 Å². The Kier molecular flexibility index (Phi) is 5.62. The molecule has 1 aliphatic heterocycles. The zero-order valence-corrected chi connectivity index (χ0v) is 16.0. The third-order valence-corrected chi connectivity index (χ3v) is 5.24. The average Bonchev–Trinajstić information content (AvgIpc) is 3.17. The number of halogens is 1. The highest BCUT2D eigenvalue weighted by Crippen LogP contribution is 2.30. The molecule has 28 heavy (non-hydrogen) atoms. The summed E-state index contributed by atoms with van der Waals surface area (Å²) in [5, 5.41) is 8.45. The SMILES string of the molecule is COc1cccc(C2CCN(Cc3cn(Cc4ccc(F)cn4)nn3)CC2)c1. The number of aromatic nitrogens is 4. The van der Waals surface area contributed by atoms with E-state index < -0.39 is 0 Å². The van der Waals surface area contributed by atoms with Crippen molar-refractivity contribution in [3.05, 3.63) is 71.6 Å². The first-order chi connectivity index (χ1) is 13.7. The van der Waals surface area contributed by atoms with Gasteiger partial charge in [0.05, 0.1) is 37.4 Å². The zero-order valence-electron chi connectivity index (χ0n) is 16.0. The smallest absolute Gasteiger partial charge is 0.141 e. The summed E-state index contributed by atoms with van der Waals surface area (Å²) in [7, 11) is 1.71. The molecule has 1 saturated heterocycles. The van der Waals surface area contributed by atoms with Gasteiger partial charge in [-0.15, -0.1) is 5.10 Å². The Morgan fingerprint density at radius 1 is 1.11 bits per heavy atom. The molecule has 2 aromatic heterocycles. The van der Waals surface area contributed by atoms with E-state index in [9.17, 15) is 4.39 Å². The highest BCUT2D eigenvalue weighted by Gasteiger charge is 2.21. The first-order valence-electron chi connectivity index (χ1n) is 9.55. The molecule has 146 valence electrons. The molecule has 3 aromatic rings. The normalized spacial score (nSPS) is 15.6. The van der Waals surface area contributed by atoms with Gasteiger partial charge in [0.1, 0.15) is 11.6 Å². The molecule has 0 unspecified atom stereocenters. The van der Waals surface area contributed by atoms with Crippen molar-refractivity contribution in [2.75, 3.05) is 20.2 Å². The predicted molar refractivity (Wildman–Crippen MR) is 104 cm³/mol. The Morgan fingerprint density at radius 2 is 1.96 bits per heavy atom. The number of piperidine rings is 1. The Labute approximate surface area is 164 Å².